The number of halogens is 1. The molecule has 0 radical (unpaired) electrons. The van der Waals surface area contributed by atoms with E-state index >= 15 is 0 Å². The summed E-state index contributed by atoms with van der Waals surface area (Å²) in [5.41, 5.74) is 6.10. The van der Waals surface area contributed by atoms with Crippen LogP contribution in [-0.4, -0.2) is 18.8 Å². The minimum absolute atomic E-state index is 0.198. The molecular weight excluding hydrogens is 202 g/mol. The molecule has 4 heteroatoms. The maximum Gasteiger partial charge on any atom is 0.138 e. The average molecular weight is 216 g/mol. The van der Waals surface area contributed by atoms with Crippen LogP contribution in [0.4, 0.5) is 0 Å². The third-order valence-electron chi connectivity index (χ3n) is 2.03. The second-order valence-corrected chi connectivity index (χ2v) is 3.35. The van der Waals surface area contributed by atoms with Crippen molar-refractivity contribution < 1.29 is 9.84 Å². The van der Waals surface area contributed by atoms with Crippen LogP contribution in [0.5, 0.6) is 11.5 Å². The van der Waals surface area contributed by atoms with Crippen molar-refractivity contribution >= 4 is 11.6 Å². The molecule has 14 heavy (non-hydrogen) atoms. The summed E-state index contributed by atoms with van der Waals surface area (Å²) in [5.74, 6) is 0.778. The molecule has 0 heterocycles. The van der Waals surface area contributed by atoms with Crippen molar-refractivity contribution in [2.24, 2.45) is 5.73 Å². The van der Waals surface area contributed by atoms with Gasteiger partial charge in [-0.25, -0.2) is 0 Å². The minimum Gasteiger partial charge on any atom is -0.508 e. The van der Waals surface area contributed by atoms with E-state index in [4.69, 9.17) is 22.1 Å². The van der Waals surface area contributed by atoms with Crippen LogP contribution in [0.2, 0.25) is 5.02 Å². The van der Waals surface area contributed by atoms with Gasteiger partial charge in [0.15, 0.2) is 0 Å². The van der Waals surface area contributed by atoms with Crippen molar-refractivity contribution in [3.63, 3.8) is 0 Å². The van der Waals surface area contributed by atoms with Gasteiger partial charge in [-0.1, -0.05) is 11.6 Å². The summed E-state index contributed by atoms with van der Waals surface area (Å²) in [4.78, 5) is 0. The standard InChI is InChI=1S/C10H14ClNO2/c1-14-9-5-4-8(13)7(10(9)11)3-2-6-12/h4-5,13H,2-3,6,12H2,1H3. The van der Waals surface area contributed by atoms with E-state index < -0.39 is 0 Å². The van der Waals surface area contributed by atoms with Gasteiger partial charge in [-0.2, -0.15) is 0 Å². The fourth-order valence-electron chi connectivity index (χ4n) is 1.26. The summed E-state index contributed by atoms with van der Waals surface area (Å²) in [5, 5.41) is 10.0. The molecule has 0 unspecified atom stereocenters. The molecule has 0 spiro atoms. The van der Waals surface area contributed by atoms with Gasteiger partial charge in [-0.15, -0.1) is 0 Å². The molecule has 0 saturated heterocycles. The smallest absolute Gasteiger partial charge is 0.138 e. The Morgan fingerprint density at radius 1 is 1.50 bits per heavy atom. The number of hydrogen-bond donors (Lipinski definition) is 2. The minimum atomic E-state index is 0.198. The molecule has 1 aromatic rings. The van der Waals surface area contributed by atoms with E-state index in [0.717, 1.165) is 6.42 Å². The summed E-state index contributed by atoms with van der Waals surface area (Å²) in [6.45, 7) is 0.576. The molecule has 1 aromatic carbocycles. The number of hydrogen-bond acceptors (Lipinski definition) is 3. The molecule has 0 aliphatic carbocycles. The molecule has 0 fully saturated rings. The van der Waals surface area contributed by atoms with E-state index in [-0.39, 0.29) is 5.75 Å². The van der Waals surface area contributed by atoms with Crippen LogP contribution in [0.3, 0.4) is 0 Å². The quantitative estimate of drug-likeness (QED) is 0.807. The van der Waals surface area contributed by atoms with Crippen molar-refractivity contribution in [2.45, 2.75) is 12.8 Å². The van der Waals surface area contributed by atoms with Crippen LogP contribution in [-0.2, 0) is 6.42 Å². The largest absolute Gasteiger partial charge is 0.508 e. The Morgan fingerprint density at radius 2 is 2.21 bits per heavy atom. The number of ether oxygens (including phenoxy) is 1. The van der Waals surface area contributed by atoms with Gasteiger partial charge < -0.3 is 15.6 Å². The maximum absolute atomic E-state index is 9.56. The second kappa shape index (κ2) is 5.08. The first-order valence-electron chi connectivity index (χ1n) is 4.45. The van der Waals surface area contributed by atoms with Gasteiger partial charge in [0.2, 0.25) is 0 Å². The lowest BCUT2D eigenvalue weighted by Crippen LogP contribution is -2.01. The number of phenols is 1. The number of rotatable bonds is 4. The van der Waals surface area contributed by atoms with Gasteiger partial charge in [0, 0.05) is 5.56 Å². The SMILES string of the molecule is COc1ccc(O)c(CCCN)c1Cl. The predicted molar refractivity (Wildman–Crippen MR) is 57.0 cm³/mol. The molecule has 3 N–H and O–H groups in total. The van der Waals surface area contributed by atoms with E-state index in [1.54, 1.807) is 19.2 Å². The molecular formula is C10H14ClNO2. The zero-order valence-electron chi connectivity index (χ0n) is 8.09. The third kappa shape index (κ3) is 2.30. The summed E-state index contributed by atoms with van der Waals surface area (Å²) < 4.78 is 5.05. The zero-order chi connectivity index (χ0) is 10.6. The Hall–Kier alpha value is -0.930. The Labute approximate surface area is 88.4 Å². The Kier molecular flexibility index (Phi) is 4.04. The van der Waals surface area contributed by atoms with Crippen LogP contribution in [0.25, 0.3) is 0 Å². The highest BCUT2D eigenvalue weighted by Gasteiger charge is 2.10. The Bertz CT molecular complexity index is 315. The Morgan fingerprint density at radius 3 is 2.79 bits per heavy atom. The Balaban J connectivity index is 2.99. The molecule has 0 atom stereocenters. The van der Waals surface area contributed by atoms with Gasteiger partial charge in [-0.3, -0.25) is 0 Å². The van der Waals surface area contributed by atoms with Crippen LogP contribution in [0.15, 0.2) is 12.1 Å². The highest BCUT2D eigenvalue weighted by atomic mass is 35.5. The van der Waals surface area contributed by atoms with Crippen LogP contribution in [0, 0.1) is 0 Å². The molecule has 0 amide bonds. The molecule has 0 bridgehead atoms. The third-order valence-corrected chi connectivity index (χ3v) is 2.45. The van der Waals surface area contributed by atoms with E-state index in [1.165, 1.54) is 0 Å². The van der Waals surface area contributed by atoms with Gasteiger partial charge in [0.05, 0.1) is 12.1 Å². The molecule has 3 nitrogen and oxygen atoms in total. The summed E-state index contributed by atoms with van der Waals surface area (Å²) >= 11 is 6.02. The predicted octanol–water partition coefficient (Wildman–Crippen LogP) is 1.95. The average Bonchev–Trinajstić information content (AvgIpc) is 2.18. The fourth-order valence-corrected chi connectivity index (χ4v) is 1.60. The summed E-state index contributed by atoms with van der Waals surface area (Å²) in [7, 11) is 1.55. The van der Waals surface area contributed by atoms with Crippen molar-refractivity contribution in [2.75, 3.05) is 13.7 Å². The topological polar surface area (TPSA) is 55.5 Å². The number of benzene rings is 1. The molecule has 0 aliphatic heterocycles. The lowest BCUT2D eigenvalue weighted by molar-refractivity contribution is 0.411. The fraction of sp³-hybridized carbons (Fsp3) is 0.400. The first kappa shape index (κ1) is 11.1. The number of aromatic hydroxyl groups is 1. The normalized spacial score (nSPS) is 10.2. The number of nitrogens with two attached hydrogens (primary N) is 1. The van der Waals surface area contributed by atoms with Crippen molar-refractivity contribution in [3.8, 4) is 11.5 Å². The maximum atomic E-state index is 9.56. The van der Waals surface area contributed by atoms with Crippen LogP contribution < -0.4 is 10.5 Å². The van der Waals surface area contributed by atoms with Gasteiger partial charge in [-0.05, 0) is 31.5 Å². The number of phenolic OH excluding ortho intramolecular Hbond substituents is 1. The zero-order valence-corrected chi connectivity index (χ0v) is 8.84. The molecule has 1 rings (SSSR count). The highest BCUT2D eigenvalue weighted by molar-refractivity contribution is 6.33. The summed E-state index contributed by atoms with van der Waals surface area (Å²) in [6.07, 6.45) is 1.46. The van der Waals surface area contributed by atoms with E-state index in [9.17, 15) is 5.11 Å². The summed E-state index contributed by atoms with van der Waals surface area (Å²) in [6, 6.07) is 3.22. The number of methoxy groups -OCH3 is 1. The molecule has 78 valence electrons. The van der Waals surface area contributed by atoms with Gasteiger partial charge in [0.1, 0.15) is 11.5 Å². The first-order chi connectivity index (χ1) is 6.70. The molecule has 0 saturated carbocycles. The van der Waals surface area contributed by atoms with Gasteiger partial charge >= 0.3 is 0 Å². The van der Waals surface area contributed by atoms with Crippen LogP contribution in [0.1, 0.15) is 12.0 Å². The lowest BCUT2D eigenvalue weighted by atomic mass is 10.1. The van der Waals surface area contributed by atoms with E-state index in [1.807, 2.05) is 0 Å². The van der Waals surface area contributed by atoms with E-state index in [2.05, 4.69) is 0 Å². The van der Waals surface area contributed by atoms with Crippen molar-refractivity contribution in [3.05, 3.63) is 22.7 Å². The molecule has 0 aromatic heterocycles. The van der Waals surface area contributed by atoms with E-state index in [0.29, 0.717) is 29.3 Å². The first-order valence-corrected chi connectivity index (χ1v) is 4.83. The lowest BCUT2D eigenvalue weighted by Gasteiger charge is -2.10. The van der Waals surface area contributed by atoms with Crippen LogP contribution >= 0.6 is 11.6 Å². The monoisotopic (exact) mass is 215 g/mol. The van der Waals surface area contributed by atoms with Crippen molar-refractivity contribution in [1.82, 2.24) is 0 Å². The van der Waals surface area contributed by atoms with Gasteiger partial charge in [0.25, 0.3) is 0 Å². The van der Waals surface area contributed by atoms with Crippen molar-refractivity contribution in [1.29, 1.82) is 0 Å². The second-order valence-electron chi connectivity index (χ2n) is 2.97. The molecule has 0 aliphatic rings. The highest BCUT2D eigenvalue weighted by Crippen LogP contribution is 2.34.